The molecule has 4 heteroatoms. The summed E-state index contributed by atoms with van der Waals surface area (Å²) in [4.78, 5) is 15.0. The van der Waals surface area contributed by atoms with Gasteiger partial charge in [-0.2, -0.15) is 0 Å². The number of aromatic nitrogens is 4. The largest absolute Gasteiger partial charge is 0.345 e. The Hall–Kier alpha value is -3.53. The minimum atomic E-state index is 1.03. The zero-order chi connectivity index (χ0) is 17.2. The molecule has 0 bridgehead atoms. The lowest BCUT2D eigenvalue weighted by Crippen LogP contribution is -1.73. The zero-order valence-corrected chi connectivity index (χ0v) is 13.7. The van der Waals surface area contributed by atoms with E-state index in [0.29, 0.717) is 0 Å². The fourth-order valence-corrected chi connectivity index (χ4v) is 2.21. The third-order valence-corrected chi connectivity index (χ3v) is 3.41. The minimum absolute atomic E-state index is 1.03. The number of hydrogen-bond donors (Lipinski definition) is 1. The van der Waals surface area contributed by atoms with Crippen LogP contribution >= 0.6 is 0 Å². The molecule has 122 valence electrons. The van der Waals surface area contributed by atoms with Crippen LogP contribution in [0, 0.1) is 0 Å². The lowest BCUT2D eigenvalue weighted by molar-refractivity contribution is 1.33. The molecule has 0 fully saturated rings. The van der Waals surface area contributed by atoms with E-state index in [9.17, 15) is 0 Å². The molecule has 2 aromatic carbocycles. The van der Waals surface area contributed by atoms with Crippen LogP contribution < -0.4 is 0 Å². The molecule has 0 spiro atoms. The van der Waals surface area contributed by atoms with Crippen molar-refractivity contribution in [2.75, 3.05) is 0 Å². The van der Waals surface area contributed by atoms with Crippen molar-refractivity contribution in [2.24, 2.45) is 0 Å². The number of aromatic amines is 1. The van der Waals surface area contributed by atoms with Crippen molar-refractivity contribution in [2.45, 2.75) is 0 Å². The average Bonchev–Trinajstić information content (AvgIpc) is 3.19. The van der Waals surface area contributed by atoms with Crippen LogP contribution in [0.1, 0.15) is 0 Å². The highest BCUT2D eigenvalue weighted by atomic mass is 14.9. The predicted molar refractivity (Wildman–Crippen MR) is 102 cm³/mol. The van der Waals surface area contributed by atoms with Crippen LogP contribution in [0.2, 0.25) is 0 Å². The van der Waals surface area contributed by atoms with Gasteiger partial charge in [0.15, 0.2) is 0 Å². The van der Waals surface area contributed by atoms with Crippen molar-refractivity contribution in [1.82, 2.24) is 19.9 Å². The summed E-state index contributed by atoms with van der Waals surface area (Å²) in [6.07, 6.45) is 7.01. The normalized spacial score (nSPS) is 9.60. The van der Waals surface area contributed by atoms with Gasteiger partial charge in [0.1, 0.15) is 0 Å². The maximum absolute atomic E-state index is 4.18. The Morgan fingerprint density at radius 1 is 0.560 bits per heavy atom. The summed E-state index contributed by atoms with van der Waals surface area (Å²) in [7, 11) is 0. The molecule has 0 amide bonds. The first kappa shape index (κ1) is 16.3. The van der Waals surface area contributed by atoms with Crippen molar-refractivity contribution < 1.29 is 0 Å². The van der Waals surface area contributed by atoms with Crippen LogP contribution in [0.3, 0.4) is 0 Å². The predicted octanol–water partition coefficient (Wildman–Crippen LogP) is 4.88. The van der Waals surface area contributed by atoms with Crippen molar-refractivity contribution in [3.63, 3.8) is 0 Å². The first-order valence-electron chi connectivity index (χ1n) is 7.96. The molecule has 0 aliphatic rings. The second kappa shape index (κ2) is 8.93. The fourth-order valence-electron chi connectivity index (χ4n) is 2.21. The summed E-state index contributed by atoms with van der Waals surface area (Å²) >= 11 is 0. The van der Waals surface area contributed by atoms with Gasteiger partial charge in [0.2, 0.25) is 0 Å². The van der Waals surface area contributed by atoms with Gasteiger partial charge in [-0.25, -0.2) is 4.98 Å². The lowest BCUT2D eigenvalue weighted by atomic mass is 10.2. The number of para-hydroxylation sites is 3. The molecule has 1 N–H and O–H groups in total. The SMILES string of the molecule is c1ccc2[nH]cnc2c1.c1ccc2ncccc2c1.c1ccncc1. The monoisotopic (exact) mass is 326 g/mol. The van der Waals surface area contributed by atoms with Gasteiger partial charge in [0, 0.05) is 24.0 Å². The Bertz CT molecular complexity index is 887. The molecule has 3 aromatic heterocycles. The second-order valence-electron chi connectivity index (χ2n) is 5.14. The van der Waals surface area contributed by atoms with Crippen molar-refractivity contribution in [3.05, 3.63) is 104 Å². The second-order valence-corrected chi connectivity index (χ2v) is 5.14. The van der Waals surface area contributed by atoms with Gasteiger partial charge >= 0.3 is 0 Å². The van der Waals surface area contributed by atoms with Gasteiger partial charge in [-0.1, -0.05) is 42.5 Å². The molecule has 0 unspecified atom stereocenters. The van der Waals surface area contributed by atoms with Crippen LogP contribution in [0.5, 0.6) is 0 Å². The fraction of sp³-hybridized carbons (Fsp3) is 0. The number of imidazole rings is 1. The van der Waals surface area contributed by atoms with E-state index in [1.807, 2.05) is 72.9 Å². The molecule has 0 aliphatic carbocycles. The maximum atomic E-state index is 4.18. The molecule has 0 saturated heterocycles. The van der Waals surface area contributed by atoms with E-state index < -0.39 is 0 Å². The molecular weight excluding hydrogens is 308 g/mol. The molecular formula is C21H18N4. The lowest BCUT2D eigenvalue weighted by Gasteiger charge is -1.91. The van der Waals surface area contributed by atoms with Crippen molar-refractivity contribution in [1.29, 1.82) is 0 Å². The van der Waals surface area contributed by atoms with Gasteiger partial charge in [-0.3, -0.25) is 9.97 Å². The number of fused-ring (bicyclic) bond motifs is 2. The van der Waals surface area contributed by atoms with E-state index in [2.05, 4.69) is 32.1 Å². The van der Waals surface area contributed by atoms with Gasteiger partial charge < -0.3 is 4.98 Å². The van der Waals surface area contributed by atoms with Crippen LogP contribution in [0.25, 0.3) is 21.9 Å². The standard InChI is InChI=1S/C9H7N.C7H6N2.C5H5N/c1-2-6-9-8(4-1)5-3-7-10-9;1-2-4-7-6(3-1)8-5-9-7;1-2-4-6-5-3-1/h1-7H;1-5H,(H,8,9);1-5H. The molecule has 0 aliphatic heterocycles. The summed E-state index contributed by atoms with van der Waals surface area (Å²) in [6, 6.07) is 25.7. The third kappa shape index (κ3) is 4.97. The summed E-state index contributed by atoms with van der Waals surface area (Å²) in [5.74, 6) is 0. The van der Waals surface area contributed by atoms with Crippen LogP contribution in [0.15, 0.2) is 104 Å². The first-order valence-corrected chi connectivity index (χ1v) is 7.96. The smallest absolute Gasteiger partial charge is 0.0931 e. The Kier molecular flexibility index (Phi) is 5.84. The molecule has 5 aromatic rings. The topological polar surface area (TPSA) is 54.5 Å². The van der Waals surface area contributed by atoms with Gasteiger partial charge in [-0.05, 0) is 36.4 Å². The van der Waals surface area contributed by atoms with Crippen LogP contribution in [0.4, 0.5) is 0 Å². The van der Waals surface area contributed by atoms with Crippen LogP contribution in [-0.4, -0.2) is 19.9 Å². The quantitative estimate of drug-likeness (QED) is 0.441. The number of nitrogens with one attached hydrogen (secondary N) is 1. The Balaban J connectivity index is 0.000000113. The van der Waals surface area contributed by atoms with Crippen molar-refractivity contribution in [3.8, 4) is 0 Å². The summed E-state index contributed by atoms with van der Waals surface area (Å²) < 4.78 is 0. The Morgan fingerprint density at radius 3 is 1.96 bits per heavy atom. The highest BCUT2D eigenvalue weighted by molar-refractivity contribution is 5.77. The number of rotatable bonds is 0. The molecule has 0 atom stereocenters. The van der Waals surface area contributed by atoms with E-state index in [1.165, 1.54) is 5.39 Å². The number of hydrogen-bond acceptors (Lipinski definition) is 3. The number of pyridine rings is 2. The van der Waals surface area contributed by atoms with Crippen molar-refractivity contribution >= 4 is 21.9 Å². The molecule has 3 heterocycles. The maximum Gasteiger partial charge on any atom is 0.0931 e. The Labute approximate surface area is 146 Å². The minimum Gasteiger partial charge on any atom is -0.345 e. The van der Waals surface area contributed by atoms with E-state index >= 15 is 0 Å². The van der Waals surface area contributed by atoms with E-state index in [0.717, 1.165) is 16.6 Å². The number of H-pyrrole nitrogens is 1. The van der Waals surface area contributed by atoms with E-state index in [4.69, 9.17) is 0 Å². The first-order chi connectivity index (χ1) is 12.4. The van der Waals surface area contributed by atoms with Gasteiger partial charge in [0.05, 0.1) is 22.9 Å². The Morgan fingerprint density at radius 2 is 1.28 bits per heavy atom. The molecule has 0 radical (unpaired) electrons. The molecule has 0 saturated carbocycles. The summed E-state index contributed by atoms with van der Waals surface area (Å²) in [5, 5.41) is 1.20. The summed E-state index contributed by atoms with van der Waals surface area (Å²) in [5.41, 5.74) is 3.18. The molecule has 4 nitrogen and oxygen atoms in total. The number of benzene rings is 2. The van der Waals surface area contributed by atoms with Crippen LogP contribution in [-0.2, 0) is 0 Å². The van der Waals surface area contributed by atoms with E-state index in [1.54, 1.807) is 18.7 Å². The number of nitrogens with zero attached hydrogens (tertiary/aromatic N) is 3. The highest BCUT2D eigenvalue weighted by Crippen LogP contribution is 2.08. The van der Waals surface area contributed by atoms with Gasteiger partial charge in [0.25, 0.3) is 0 Å². The average molecular weight is 326 g/mol. The highest BCUT2D eigenvalue weighted by Gasteiger charge is 1.88. The molecule has 25 heavy (non-hydrogen) atoms. The summed E-state index contributed by atoms with van der Waals surface area (Å²) in [6.45, 7) is 0. The third-order valence-electron chi connectivity index (χ3n) is 3.41. The zero-order valence-electron chi connectivity index (χ0n) is 13.7. The van der Waals surface area contributed by atoms with Gasteiger partial charge in [-0.15, -0.1) is 0 Å². The molecule has 5 rings (SSSR count). The van der Waals surface area contributed by atoms with E-state index in [-0.39, 0.29) is 0 Å².